The highest BCUT2D eigenvalue weighted by atomic mass is 35.5. The van der Waals surface area contributed by atoms with E-state index in [1.807, 2.05) is 13.0 Å². The normalized spacial score (nSPS) is 12.6. The molecule has 29 heavy (non-hydrogen) atoms. The number of aliphatic imine (C=N–C) groups is 2. The predicted octanol–water partition coefficient (Wildman–Crippen LogP) is 7.82. The Morgan fingerprint density at radius 2 is 1.76 bits per heavy atom. The van der Waals surface area contributed by atoms with E-state index in [1.165, 1.54) is 12.8 Å². The zero-order chi connectivity index (χ0) is 22.0. The van der Waals surface area contributed by atoms with Gasteiger partial charge in [0.1, 0.15) is 5.15 Å². The maximum Gasteiger partial charge on any atom is 0.160 e. The van der Waals surface area contributed by atoms with Gasteiger partial charge >= 0.3 is 0 Å². The zero-order valence-corrected chi connectivity index (χ0v) is 18.8. The van der Waals surface area contributed by atoms with Gasteiger partial charge in [-0.1, -0.05) is 38.3 Å². The first-order valence-corrected chi connectivity index (χ1v) is 10.2. The van der Waals surface area contributed by atoms with Gasteiger partial charge < -0.3 is 0 Å². The summed E-state index contributed by atoms with van der Waals surface area (Å²) in [6.07, 6.45) is 7.35. The molecule has 0 spiro atoms. The Bertz CT molecular complexity index is 855. The Balaban J connectivity index is 0.000000243. The third-order valence-electron chi connectivity index (χ3n) is 4.03. The van der Waals surface area contributed by atoms with Crippen molar-refractivity contribution in [3.63, 3.8) is 0 Å². The van der Waals surface area contributed by atoms with Gasteiger partial charge in [-0.05, 0) is 63.3 Å². The Hall–Kier alpha value is -2.14. The van der Waals surface area contributed by atoms with Crippen LogP contribution in [0.4, 0.5) is 20.2 Å². The Morgan fingerprint density at radius 1 is 1.17 bits per heavy atom. The van der Waals surface area contributed by atoms with Crippen LogP contribution >= 0.6 is 11.6 Å². The topological polar surface area (TPSA) is 37.6 Å². The quantitative estimate of drug-likeness (QED) is 0.367. The van der Waals surface area contributed by atoms with Gasteiger partial charge in [0.05, 0.1) is 17.6 Å². The molecule has 1 fully saturated rings. The summed E-state index contributed by atoms with van der Waals surface area (Å²) in [7, 11) is 0. The third kappa shape index (κ3) is 9.75. The minimum Gasteiger partial charge on any atom is -0.260 e. The summed E-state index contributed by atoms with van der Waals surface area (Å²) in [6.45, 7) is 11.5. The lowest BCUT2D eigenvalue weighted by Gasteiger charge is -2.01. The SMILES string of the molecule is CC(C)=Nc1cc(F)c(F)cc1C.CC1CC1.CC=Nc1cnc(Cl)cc1CC. The van der Waals surface area contributed by atoms with Gasteiger partial charge in [0, 0.05) is 18.0 Å². The van der Waals surface area contributed by atoms with Gasteiger partial charge in [-0.2, -0.15) is 0 Å². The first-order chi connectivity index (χ1) is 13.7. The molecule has 1 aliphatic carbocycles. The molecule has 0 bridgehead atoms. The first kappa shape index (κ1) is 24.9. The molecule has 1 aromatic heterocycles. The maximum atomic E-state index is 12.8. The summed E-state index contributed by atoms with van der Waals surface area (Å²) in [6, 6.07) is 4.11. The van der Waals surface area contributed by atoms with Gasteiger partial charge in [0.15, 0.2) is 11.6 Å². The van der Waals surface area contributed by atoms with Crippen molar-refractivity contribution in [2.24, 2.45) is 15.9 Å². The number of hydrogen-bond acceptors (Lipinski definition) is 3. The van der Waals surface area contributed by atoms with Crippen LogP contribution in [0.1, 0.15) is 58.6 Å². The second-order valence-corrected chi connectivity index (χ2v) is 7.56. The molecule has 3 nitrogen and oxygen atoms in total. The lowest BCUT2D eigenvalue weighted by Crippen LogP contribution is -1.87. The molecule has 6 heteroatoms. The van der Waals surface area contributed by atoms with Crippen molar-refractivity contribution in [1.82, 2.24) is 4.98 Å². The Kier molecular flexibility index (Phi) is 10.7. The molecular weight excluding hydrogens is 392 g/mol. The molecule has 0 atom stereocenters. The van der Waals surface area contributed by atoms with E-state index in [0.29, 0.717) is 16.4 Å². The third-order valence-corrected chi connectivity index (χ3v) is 4.24. The van der Waals surface area contributed by atoms with Crippen molar-refractivity contribution in [3.05, 3.63) is 52.3 Å². The van der Waals surface area contributed by atoms with E-state index in [1.54, 1.807) is 33.2 Å². The first-order valence-electron chi connectivity index (χ1n) is 9.78. The van der Waals surface area contributed by atoms with Crippen LogP contribution in [0.5, 0.6) is 0 Å². The van der Waals surface area contributed by atoms with Gasteiger partial charge in [-0.25, -0.2) is 13.8 Å². The molecule has 1 aliphatic rings. The van der Waals surface area contributed by atoms with Crippen molar-refractivity contribution in [1.29, 1.82) is 0 Å². The second kappa shape index (κ2) is 12.4. The molecule has 0 saturated heterocycles. The van der Waals surface area contributed by atoms with E-state index >= 15 is 0 Å². The molecule has 1 heterocycles. The van der Waals surface area contributed by atoms with Crippen LogP contribution in [0, 0.1) is 24.5 Å². The number of pyridine rings is 1. The molecule has 1 saturated carbocycles. The second-order valence-electron chi connectivity index (χ2n) is 7.17. The number of hydrogen-bond donors (Lipinski definition) is 0. The van der Waals surface area contributed by atoms with Crippen LogP contribution in [-0.4, -0.2) is 16.9 Å². The predicted molar refractivity (Wildman–Crippen MR) is 120 cm³/mol. The van der Waals surface area contributed by atoms with E-state index in [-0.39, 0.29) is 0 Å². The summed E-state index contributed by atoms with van der Waals surface area (Å²) in [5, 5.41) is 0.530. The average Bonchev–Trinajstić information content (AvgIpc) is 3.44. The molecule has 3 rings (SSSR count). The molecule has 0 radical (unpaired) electrons. The monoisotopic (exact) mass is 421 g/mol. The molecule has 0 N–H and O–H groups in total. The van der Waals surface area contributed by atoms with Crippen LogP contribution in [0.2, 0.25) is 5.15 Å². The lowest BCUT2D eigenvalue weighted by atomic mass is 10.2. The van der Waals surface area contributed by atoms with E-state index in [0.717, 1.165) is 41.4 Å². The van der Waals surface area contributed by atoms with Crippen molar-refractivity contribution in [3.8, 4) is 0 Å². The highest BCUT2D eigenvalue weighted by Gasteiger charge is 2.12. The summed E-state index contributed by atoms with van der Waals surface area (Å²) in [5.41, 5.74) is 3.98. The molecule has 0 aliphatic heterocycles. The van der Waals surface area contributed by atoms with Crippen LogP contribution in [-0.2, 0) is 6.42 Å². The fourth-order valence-electron chi connectivity index (χ4n) is 2.16. The Labute approximate surface area is 178 Å². The number of aromatic nitrogens is 1. The highest BCUT2D eigenvalue weighted by Crippen LogP contribution is 2.26. The summed E-state index contributed by atoms with van der Waals surface area (Å²) in [5.74, 6) is -0.601. The fraction of sp³-hybridized carbons (Fsp3) is 0.435. The summed E-state index contributed by atoms with van der Waals surface area (Å²) >= 11 is 5.73. The number of nitrogens with zero attached hydrogens (tertiary/aromatic N) is 3. The average molecular weight is 422 g/mol. The van der Waals surface area contributed by atoms with Crippen molar-refractivity contribution >= 4 is 34.9 Å². The van der Waals surface area contributed by atoms with E-state index in [2.05, 4.69) is 28.8 Å². The van der Waals surface area contributed by atoms with Gasteiger partial charge in [0.25, 0.3) is 0 Å². The molecule has 2 aromatic rings. The van der Waals surface area contributed by atoms with Crippen molar-refractivity contribution in [2.45, 2.75) is 60.8 Å². The largest absolute Gasteiger partial charge is 0.260 e. The summed E-state index contributed by atoms with van der Waals surface area (Å²) < 4.78 is 25.4. The molecule has 158 valence electrons. The van der Waals surface area contributed by atoms with E-state index in [4.69, 9.17) is 11.6 Å². The molecule has 0 amide bonds. The molecule has 0 unspecified atom stereocenters. The minimum absolute atomic E-state index is 0.485. The van der Waals surface area contributed by atoms with Crippen LogP contribution in [0.15, 0.2) is 34.4 Å². The van der Waals surface area contributed by atoms with Crippen molar-refractivity contribution in [2.75, 3.05) is 0 Å². The summed E-state index contributed by atoms with van der Waals surface area (Å²) in [4.78, 5) is 12.2. The number of aryl methyl sites for hydroxylation is 2. The smallest absolute Gasteiger partial charge is 0.160 e. The zero-order valence-electron chi connectivity index (χ0n) is 18.1. The Morgan fingerprint density at radius 3 is 2.24 bits per heavy atom. The van der Waals surface area contributed by atoms with Gasteiger partial charge in [-0.15, -0.1) is 0 Å². The maximum absolute atomic E-state index is 12.8. The van der Waals surface area contributed by atoms with Gasteiger partial charge in [-0.3, -0.25) is 9.98 Å². The molecular formula is C23H30ClF2N3. The fourth-order valence-corrected chi connectivity index (χ4v) is 2.34. The van der Waals surface area contributed by atoms with Gasteiger partial charge in [0.2, 0.25) is 0 Å². The number of benzene rings is 1. The van der Waals surface area contributed by atoms with Crippen LogP contribution in [0.25, 0.3) is 0 Å². The standard InChI is InChI=1S/C10H11F2N.C9H11ClN2.C4H8/c1-6(2)13-10-5-9(12)8(11)4-7(10)3;1-3-7-5-9(10)12-6-8(7)11-4-2;1-4-2-3-4/h4-5H,1-3H3;4-6H,3H2,1-2H3;4H,2-3H2,1H3. The van der Waals surface area contributed by atoms with Crippen molar-refractivity contribution < 1.29 is 8.78 Å². The van der Waals surface area contributed by atoms with Crippen LogP contribution < -0.4 is 0 Å². The number of halogens is 3. The van der Waals surface area contributed by atoms with E-state index in [9.17, 15) is 8.78 Å². The lowest BCUT2D eigenvalue weighted by molar-refractivity contribution is 0.508. The van der Waals surface area contributed by atoms with Crippen LogP contribution in [0.3, 0.4) is 0 Å². The van der Waals surface area contributed by atoms with E-state index < -0.39 is 11.6 Å². The minimum atomic E-state index is -0.856. The number of rotatable bonds is 3. The molecule has 1 aromatic carbocycles. The highest BCUT2D eigenvalue weighted by molar-refractivity contribution is 6.29.